The van der Waals surface area contributed by atoms with Gasteiger partial charge in [-0.25, -0.2) is 0 Å². The Morgan fingerprint density at radius 3 is 2.67 bits per heavy atom. The fourth-order valence-electron chi connectivity index (χ4n) is 1.53. The number of rotatable bonds is 3. The molecule has 0 spiro atoms. The average Bonchev–Trinajstić information content (AvgIpc) is 2.31. The first kappa shape index (κ1) is 12.4. The highest BCUT2D eigenvalue weighted by Gasteiger charge is 2.14. The van der Waals surface area contributed by atoms with E-state index in [4.69, 9.17) is 0 Å². The monoisotopic (exact) mass is 261 g/mol. The number of hydrogen-bond acceptors (Lipinski definition) is 4. The van der Waals surface area contributed by atoms with Crippen LogP contribution in [0.4, 0.5) is 5.69 Å². The zero-order valence-corrected chi connectivity index (χ0v) is 10.5. The van der Waals surface area contributed by atoms with Crippen molar-refractivity contribution < 1.29 is 10.0 Å². The number of nitro groups is 1. The van der Waals surface area contributed by atoms with E-state index in [0.717, 1.165) is 10.5 Å². The first-order valence-corrected chi connectivity index (χ1v) is 6.10. The smallest absolute Gasteiger partial charge is 0.283 e. The van der Waals surface area contributed by atoms with Crippen molar-refractivity contribution in [3.05, 3.63) is 58.1 Å². The van der Waals surface area contributed by atoms with Gasteiger partial charge in [0.2, 0.25) is 0 Å². The van der Waals surface area contributed by atoms with Crippen LogP contribution in [0.5, 0.6) is 5.75 Å². The third-order valence-corrected chi connectivity index (χ3v) is 3.41. The minimum atomic E-state index is -0.391. The molecule has 0 aliphatic heterocycles. The molecule has 0 aliphatic carbocycles. The van der Waals surface area contributed by atoms with Gasteiger partial charge >= 0.3 is 0 Å². The van der Waals surface area contributed by atoms with Crippen LogP contribution in [0.25, 0.3) is 0 Å². The molecule has 0 amide bonds. The van der Waals surface area contributed by atoms with Gasteiger partial charge < -0.3 is 5.11 Å². The molecule has 0 aromatic heterocycles. The summed E-state index contributed by atoms with van der Waals surface area (Å²) in [7, 11) is 0. The fourth-order valence-corrected chi connectivity index (χ4v) is 2.48. The topological polar surface area (TPSA) is 63.4 Å². The van der Waals surface area contributed by atoms with E-state index in [0.29, 0.717) is 4.90 Å². The van der Waals surface area contributed by atoms with Crippen molar-refractivity contribution in [3.8, 4) is 5.75 Å². The maximum atomic E-state index is 11.0. The molecule has 0 heterocycles. The van der Waals surface area contributed by atoms with Gasteiger partial charge in [-0.2, -0.15) is 0 Å². The molecule has 0 saturated heterocycles. The first-order valence-electron chi connectivity index (χ1n) is 5.28. The number of aryl methyl sites for hydroxylation is 1. The molecule has 0 atom stereocenters. The number of phenols is 1. The molecule has 92 valence electrons. The van der Waals surface area contributed by atoms with E-state index in [-0.39, 0.29) is 11.4 Å². The molecule has 18 heavy (non-hydrogen) atoms. The van der Waals surface area contributed by atoms with Gasteiger partial charge in [-0.1, -0.05) is 23.9 Å². The van der Waals surface area contributed by atoms with Gasteiger partial charge in [0.05, 0.1) is 9.82 Å². The second-order valence-corrected chi connectivity index (χ2v) is 4.94. The van der Waals surface area contributed by atoms with Gasteiger partial charge in [0.25, 0.3) is 5.69 Å². The Bertz CT molecular complexity index is 599. The second-order valence-electron chi connectivity index (χ2n) is 3.83. The number of benzene rings is 2. The first-order chi connectivity index (χ1) is 8.56. The van der Waals surface area contributed by atoms with Crippen molar-refractivity contribution in [2.45, 2.75) is 16.7 Å². The molecule has 0 radical (unpaired) electrons. The molecule has 0 saturated carbocycles. The summed E-state index contributed by atoms with van der Waals surface area (Å²) in [6, 6.07) is 11.7. The summed E-state index contributed by atoms with van der Waals surface area (Å²) < 4.78 is 0. The number of nitro benzene ring substituents is 1. The van der Waals surface area contributed by atoms with E-state index in [1.54, 1.807) is 36.4 Å². The van der Waals surface area contributed by atoms with Crippen molar-refractivity contribution in [2.24, 2.45) is 0 Å². The molecule has 4 nitrogen and oxygen atoms in total. The Morgan fingerprint density at radius 1 is 1.22 bits per heavy atom. The Hall–Kier alpha value is -2.01. The van der Waals surface area contributed by atoms with Crippen LogP contribution in [-0.2, 0) is 0 Å². The lowest BCUT2D eigenvalue weighted by molar-refractivity contribution is -0.387. The molecular weight excluding hydrogens is 250 g/mol. The zero-order valence-electron chi connectivity index (χ0n) is 9.66. The van der Waals surface area contributed by atoms with E-state index < -0.39 is 4.92 Å². The second kappa shape index (κ2) is 5.10. The lowest BCUT2D eigenvalue weighted by Gasteiger charge is -2.04. The lowest BCUT2D eigenvalue weighted by atomic mass is 10.2. The van der Waals surface area contributed by atoms with E-state index in [2.05, 4.69) is 0 Å². The Kier molecular flexibility index (Phi) is 3.53. The third-order valence-electron chi connectivity index (χ3n) is 2.36. The summed E-state index contributed by atoms with van der Waals surface area (Å²) in [5.41, 5.74) is 0.935. The number of hydrogen-bond donors (Lipinski definition) is 1. The van der Waals surface area contributed by atoms with Crippen LogP contribution >= 0.6 is 11.8 Å². The van der Waals surface area contributed by atoms with Crippen LogP contribution in [-0.4, -0.2) is 10.0 Å². The molecule has 0 unspecified atom stereocenters. The molecule has 0 bridgehead atoms. The van der Waals surface area contributed by atoms with Gasteiger partial charge in [-0.15, -0.1) is 0 Å². The predicted molar refractivity (Wildman–Crippen MR) is 70.1 cm³/mol. The SMILES string of the molecule is Cc1ccc(Sc2cccc(O)c2)c([N+](=O)[O-])c1. The normalized spacial score (nSPS) is 10.3. The van der Waals surface area contributed by atoms with Crippen LogP contribution in [0.15, 0.2) is 52.3 Å². The van der Waals surface area contributed by atoms with Gasteiger partial charge in [-0.3, -0.25) is 10.1 Å². The van der Waals surface area contributed by atoms with Crippen LogP contribution in [0.3, 0.4) is 0 Å². The molecular formula is C13H11NO3S. The predicted octanol–water partition coefficient (Wildman–Crippen LogP) is 3.76. The summed E-state index contributed by atoms with van der Waals surface area (Å²) >= 11 is 1.26. The summed E-state index contributed by atoms with van der Waals surface area (Å²) in [5, 5.41) is 20.3. The van der Waals surface area contributed by atoms with E-state index in [1.807, 2.05) is 13.0 Å². The quantitative estimate of drug-likeness (QED) is 0.675. The summed E-state index contributed by atoms with van der Waals surface area (Å²) in [6.45, 7) is 1.82. The van der Waals surface area contributed by atoms with E-state index in [1.165, 1.54) is 11.8 Å². The van der Waals surface area contributed by atoms with E-state index in [9.17, 15) is 15.2 Å². The summed E-state index contributed by atoms with van der Waals surface area (Å²) in [4.78, 5) is 11.9. The van der Waals surface area contributed by atoms with Crippen LogP contribution < -0.4 is 0 Å². The van der Waals surface area contributed by atoms with Crippen LogP contribution in [0.1, 0.15) is 5.56 Å². The molecule has 1 N–H and O–H groups in total. The summed E-state index contributed by atoms with van der Waals surface area (Å²) in [5.74, 6) is 0.148. The van der Waals surface area contributed by atoms with Gasteiger partial charge in [0.15, 0.2) is 0 Å². The Morgan fingerprint density at radius 2 is 2.00 bits per heavy atom. The maximum absolute atomic E-state index is 11.0. The molecule has 2 rings (SSSR count). The summed E-state index contributed by atoms with van der Waals surface area (Å²) in [6.07, 6.45) is 0. The van der Waals surface area contributed by atoms with Crippen molar-refractivity contribution in [1.29, 1.82) is 0 Å². The molecule has 2 aromatic carbocycles. The Balaban J connectivity index is 2.37. The molecule has 0 fully saturated rings. The lowest BCUT2D eigenvalue weighted by Crippen LogP contribution is -1.91. The highest BCUT2D eigenvalue weighted by molar-refractivity contribution is 7.99. The van der Waals surface area contributed by atoms with Gasteiger partial charge in [0.1, 0.15) is 5.75 Å². The van der Waals surface area contributed by atoms with Crippen molar-refractivity contribution in [2.75, 3.05) is 0 Å². The van der Waals surface area contributed by atoms with Crippen molar-refractivity contribution >= 4 is 17.4 Å². The van der Waals surface area contributed by atoms with Crippen molar-refractivity contribution in [1.82, 2.24) is 0 Å². The fraction of sp³-hybridized carbons (Fsp3) is 0.0769. The van der Waals surface area contributed by atoms with Crippen molar-refractivity contribution in [3.63, 3.8) is 0 Å². The standard InChI is InChI=1S/C13H11NO3S/c1-9-5-6-13(12(7-9)14(16)17)18-11-4-2-3-10(15)8-11/h2-8,15H,1H3. The van der Waals surface area contributed by atoms with Gasteiger partial charge in [-0.05, 0) is 36.8 Å². The molecule has 5 heteroatoms. The minimum absolute atomic E-state index is 0.0864. The largest absolute Gasteiger partial charge is 0.508 e. The molecule has 0 aliphatic rings. The number of nitrogens with zero attached hydrogens (tertiary/aromatic N) is 1. The third kappa shape index (κ3) is 2.81. The number of aromatic hydroxyl groups is 1. The average molecular weight is 261 g/mol. The minimum Gasteiger partial charge on any atom is -0.508 e. The number of phenolic OH excluding ortho intramolecular Hbond substituents is 1. The Labute approximate surface area is 108 Å². The van der Waals surface area contributed by atoms with Crippen LogP contribution in [0, 0.1) is 17.0 Å². The molecule has 2 aromatic rings. The highest BCUT2D eigenvalue weighted by atomic mass is 32.2. The zero-order chi connectivity index (χ0) is 13.1. The maximum Gasteiger partial charge on any atom is 0.283 e. The highest BCUT2D eigenvalue weighted by Crippen LogP contribution is 2.36. The van der Waals surface area contributed by atoms with Crippen LogP contribution in [0.2, 0.25) is 0 Å². The van der Waals surface area contributed by atoms with E-state index >= 15 is 0 Å². The van der Waals surface area contributed by atoms with Gasteiger partial charge in [0, 0.05) is 11.0 Å².